The zero-order valence-electron chi connectivity index (χ0n) is 13.9. The van der Waals surface area contributed by atoms with Gasteiger partial charge in [0.25, 0.3) is 0 Å². The van der Waals surface area contributed by atoms with Gasteiger partial charge in [0.2, 0.25) is 11.8 Å². The van der Waals surface area contributed by atoms with E-state index in [0.717, 1.165) is 17.1 Å². The molecule has 8 heteroatoms. The molecule has 134 valence electrons. The summed E-state index contributed by atoms with van der Waals surface area (Å²) in [5.74, 6) is 3.30. The van der Waals surface area contributed by atoms with E-state index < -0.39 is 6.03 Å². The Bertz CT molecular complexity index is 837. The molecule has 2 aromatic carbocycles. The Morgan fingerprint density at radius 2 is 1.88 bits per heavy atom. The Hall–Kier alpha value is -3.00. The van der Waals surface area contributed by atoms with Crippen molar-refractivity contribution in [3.8, 4) is 17.2 Å². The second-order valence-corrected chi connectivity index (χ2v) is 6.39. The van der Waals surface area contributed by atoms with Crippen molar-refractivity contribution in [3.63, 3.8) is 0 Å². The fourth-order valence-electron chi connectivity index (χ4n) is 2.16. The number of hydrogen-bond donors (Lipinski definition) is 2. The van der Waals surface area contributed by atoms with Crippen molar-refractivity contribution in [1.82, 2.24) is 10.2 Å². The number of carbonyl (C=O) groups excluding carboxylic acids is 1. The fraction of sp³-hybridized carbons (Fsp3) is 0.167. The average molecular weight is 370 g/mol. The maximum absolute atomic E-state index is 10.8. The van der Waals surface area contributed by atoms with Crippen LogP contribution in [-0.4, -0.2) is 28.6 Å². The highest BCUT2D eigenvalue weighted by molar-refractivity contribution is 7.98. The summed E-state index contributed by atoms with van der Waals surface area (Å²) >= 11 is 1.66. The largest absolute Gasteiger partial charge is 0.493 e. The highest BCUT2D eigenvalue weighted by Crippen LogP contribution is 2.22. The van der Waals surface area contributed by atoms with E-state index in [1.807, 2.05) is 30.3 Å². The number of urea groups is 1. The number of primary amides is 1. The number of amides is 2. The summed E-state index contributed by atoms with van der Waals surface area (Å²) in [4.78, 5) is 10.8. The lowest BCUT2D eigenvalue weighted by Gasteiger charge is -2.04. The van der Waals surface area contributed by atoms with Crippen molar-refractivity contribution in [1.29, 1.82) is 0 Å². The minimum absolute atomic E-state index is 0.437. The normalized spacial score (nSPS) is 10.5. The van der Waals surface area contributed by atoms with E-state index in [4.69, 9.17) is 14.9 Å². The third-order valence-electron chi connectivity index (χ3n) is 3.33. The molecule has 26 heavy (non-hydrogen) atoms. The third-order valence-corrected chi connectivity index (χ3v) is 4.24. The van der Waals surface area contributed by atoms with Crippen LogP contribution in [0.4, 0.5) is 10.5 Å². The number of nitrogens with zero attached hydrogens (tertiary/aromatic N) is 2. The van der Waals surface area contributed by atoms with Crippen molar-refractivity contribution in [2.45, 2.75) is 5.75 Å². The van der Waals surface area contributed by atoms with Crippen molar-refractivity contribution < 1.29 is 13.9 Å². The average Bonchev–Trinajstić information content (AvgIpc) is 3.11. The van der Waals surface area contributed by atoms with Gasteiger partial charge in [0, 0.05) is 17.0 Å². The maximum atomic E-state index is 10.8. The van der Waals surface area contributed by atoms with E-state index in [1.54, 1.807) is 36.0 Å². The first-order valence-corrected chi connectivity index (χ1v) is 9.11. The molecule has 3 rings (SSSR count). The summed E-state index contributed by atoms with van der Waals surface area (Å²) < 4.78 is 11.3. The van der Waals surface area contributed by atoms with E-state index in [1.165, 1.54) is 0 Å². The third kappa shape index (κ3) is 5.25. The summed E-state index contributed by atoms with van der Waals surface area (Å²) in [7, 11) is 0. The van der Waals surface area contributed by atoms with Crippen LogP contribution in [0.3, 0.4) is 0 Å². The van der Waals surface area contributed by atoms with E-state index in [9.17, 15) is 4.79 Å². The predicted octanol–water partition coefficient (Wildman–Crippen LogP) is 3.54. The summed E-state index contributed by atoms with van der Waals surface area (Å²) in [6, 6.07) is 16.1. The van der Waals surface area contributed by atoms with E-state index in [2.05, 4.69) is 15.5 Å². The fourth-order valence-corrected chi connectivity index (χ4v) is 2.80. The summed E-state index contributed by atoms with van der Waals surface area (Å²) in [6.07, 6.45) is 0. The molecule has 0 bridgehead atoms. The number of rotatable bonds is 8. The minimum Gasteiger partial charge on any atom is -0.493 e. The van der Waals surface area contributed by atoms with E-state index in [0.29, 0.717) is 29.8 Å². The Balaban J connectivity index is 1.45. The second kappa shape index (κ2) is 8.91. The molecule has 0 atom stereocenters. The van der Waals surface area contributed by atoms with Crippen LogP contribution in [0.1, 0.15) is 5.89 Å². The topological polar surface area (TPSA) is 103 Å². The number of ether oxygens (including phenoxy) is 1. The molecule has 0 fully saturated rings. The van der Waals surface area contributed by atoms with Gasteiger partial charge in [-0.15, -0.1) is 22.0 Å². The minimum atomic E-state index is -0.605. The number of anilines is 1. The molecular weight excluding hydrogens is 352 g/mol. The number of nitrogens with one attached hydrogen (secondary N) is 1. The van der Waals surface area contributed by atoms with Gasteiger partial charge in [-0.25, -0.2) is 4.79 Å². The number of hydrogen-bond acceptors (Lipinski definition) is 6. The van der Waals surface area contributed by atoms with Crippen molar-refractivity contribution >= 4 is 23.5 Å². The lowest BCUT2D eigenvalue weighted by atomic mass is 10.2. The maximum Gasteiger partial charge on any atom is 0.316 e. The monoisotopic (exact) mass is 370 g/mol. The zero-order valence-corrected chi connectivity index (χ0v) is 14.7. The van der Waals surface area contributed by atoms with Crippen molar-refractivity contribution in [3.05, 3.63) is 60.5 Å². The smallest absolute Gasteiger partial charge is 0.316 e. The number of nitrogens with two attached hydrogens (primary N) is 1. The van der Waals surface area contributed by atoms with Gasteiger partial charge in [-0.3, -0.25) is 0 Å². The summed E-state index contributed by atoms with van der Waals surface area (Å²) in [5, 5.41) is 10.6. The van der Waals surface area contributed by atoms with Gasteiger partial charge in [0.05, 0.1) is 12.4 Å². The van der Waals surface area contributed by atoms with Gasteiger partial charge in [0.1, 0.15) is 5.75 Å². The highest BCUT2D eigenvalue weighted by atomic mass is 32.2. The molecule has 0 unspecified atom stereocenters. The molecule has 7 nitrogen and oxygen atoms in total. The number of carbonyl (C=O) groups is 1. The lowest BCUT2D eigenvalue weighted by molar-refractivity contribution is 0.259. The molecule has 0 spiro atoms. The number of thioether (sulfide) groups is 1. The zero-order chi connectivity index (χ0) is 18.2. The van der Waals surface area contributed by atoms with Crippen LogP contribution in [-0.2, 0) is 5.75 Å². The summed E-state index contributed by atoms with van der Waals surface area (Å²) in [5.41, 5.74) is 6.46. The van der Waals surface area contributed by atoms with Gasteiger partial charge >= 0.3 is 6.03 Å². The molecular formula is C18H18N4O3S. The molecule has 0 aliphatic heterocycles. The Morgan fingerprint density at radius 3 is 2.62 bits per heavy atom. The molecule has 2 amide bonds. The summed E-state index contributed by atoms with van der Waals surface area (Å²) in [6.45, 7) is 0.615. The molecule has 0 radical (unpaired) electrons. The first-order chi connectivity index (χ1) is 12.7. The standard InChI is InChI=1S/C18H18N4O3S/c19-18(23)20-14-8-6-13(7-9-14)17-22-21-16(25-17)12-26-11-10-24-15-4-2-1-3-5-15/h1-9H,10-12H2,(H3,19,20,23). The van der Waals surface area contributed by atoms with Gasteiger partial charge in [-0.1, -0.05) is 18.2 Å². The number of benzene rings is 2. The molecule has 0 saturated heterocycles. The van der Waals surface area contributed by atoms with E-state index in [-0.39, 0.29) is 0 Å². The van der Waals surface area contributed by atoms with Gasteiger partial charge in [-0.05, 0) is 36.4 Å². The lowest BCUT2D eigenvalue weighted by Crippen LogP contribution is -2.19. The van der Waals surface area contributed by atoms with Crippen LogP contribution in [0.5, 0.6) is 5.75 Å². The Labute approximate surface area is 154 Å². The molecule has 3 N–H and O–H groups in total. The van der Waals surface area contributed by atoms with E-state index >= 15 is 0 Å². The molecule has 0 aliphatic rings. The Morgan fingerprint density at radius 1 is 1.12 bits per heavy atom. The van der Waals surface area contributed by atoms with Crippen LogP contribution in [0, 0.1) is 0 Å². The highest BCUT2D eigenvalue weighted by Gasteiger charge is 2.09. The van der Waals surface area contributed by atoms with Crippen LogP contribution >= 0.6 is 11.8 Å². The number of para-hydroxylation sites is 1. The van der Waals surface area contributed by atoms with Crippen molar-refractivity contribution in [2.24, 2.45) is 5.73 Å². The van der Waals surface area contributed by atoms with Crippen LogP contribution in [0.15, 0.2) is 59.0 Å². The Kier molecular flexibility index (Phi) is 6.10. The predicted molar refractivity (Wildman–Crippen MR) is 101 cm³/mol. The molecule has 1 aromatic heterocycles. The number of aromatic nitrogens is 2. The first kappa shape index (κ1) is 17.8. The second-order valence-electron chi connectivity index (χ2n) is 5.28. The quantitative estimate of drug-likeness (QED) is 0.588. The molecule has 0 saturated carbocycles. The van der Waals surface area contributed by atoms with Crippen LogP contribution in [0.2, 0.25) is 0 Å². The van der Waals surface area contributed by atoms with Gasteiger partial charge in [0.15, 0.2) is 0 Å². The molecule has 3 aromatic rings. The van der Waals surface area contributed by atoms with Crippen LogP contribution < -0.4 is 15.8 Å². The van der Waals surface area contributed by atoms with Crippen molar-refractivity contribution in [2.75, 3.05) is 17.7 Å². The van der Waals surface area contributed by atoms with Crippen LogP contribution in [0.25, 0.3) is 11.5 Å². The van der Waals surface area contributed by atoms with Gasteiger partial charge < -0.3 is 20.2 Å². The molecule has 0 aliphatic carbocycles. The molecule has 1 heterocycles. The SMILES string of the molecule is NC(=O)Nc1ccc(-c2nnc(CSCCOc3ccccc3)o2)cc1. The first-order valence-electron chi connectivity index (χ1n) is 7.95. The van der Waals surface area contributed by atoms with Gasteiger partial charge in [-0.2, -0.15) is 0 Å².